The molecule has 5 rings (SSSR count). The van der Waals surface area contributed by atoms with Crippen molar-refractivity contribution in [3.63, 3.8) is 0 Å². The number of aromatic nitrogens is 5. The average Bonchev–Trinajstić information content (AvgIpc) is 3.22. The van der Waals surface area contributed by atoms with Gasteiger partial charge in [0.1, 0.15) is 5.03 Å². The van der Waals surface area contributed by atoms with Crippen LogP contribution in [0.3, 0.4) is 0 Å². The largest absolute Gasteiger partial charge is 0.355 e. The van der Waals surface area contributed by atoms with Gasteiger partial charge >= 0.3 is 0 Å². The van der Waals surface area contributed by atoms with Crippen molar-refractivity contribution in [2.45, 2.75) is 25.8 Å². The number of hydrogen-bond donors (Lipinski definition) is 1. The van der Waals surface area contributed by atoms with Gasteiger partial charge in [-0.25, -0.2) is 19.2 Å². The molecule has 0 spiro atoms. The summed E-state index contributed by atoms with van der Waals surface area (Å²) in [5.74, 6) is 0.905. The van der Waals surface area contributed by atoms with Crippen molar-refractivity contribution in [1.29, 1.82) is 0 Å². The van der Waals surface area contributed by atoms with Gasteiger partial charge in [0.2, 0.25) is 5.95 Å². The molecule has 0 fully saturated rings. The second kappa shape index (κ2) is 8.95. The number of hydrogen-bond acceptors (Lipinski definition) is 6. The first kappa shape index (κ1) is 22.2. The van der Waals surface area contributed by atoms with Gasteiger partial charge in [-0.3, -0.25) is 4.79 Å². The first-order chi connectivity index (χ1) is 16.5. The van der Waals surface area contributed by atoms with Gasteiger partial charge in [-0.2, -0.15) is 5.10 Å². The van der Waals surface area contributed by atoms with E-state index in [-0.39, 0.29) is 5.56 Å². The Labute approximate surface area is 201 Å². The number of rotatable bonds is 6. The van der Waals surface area contributed by atoms with E-state index in [0.29, 0.717) is 40.7 Å². The Kier molecular flexibility index (Phi) is 5.83. The zero-order chi connectivity index (χ0) is 23.8. The van der Waals surface area contributed by atoms with Gasteiger partial charge in [-0.1, -0.05) is 50.2 Å². The van der Waals surface area contributed by atoms with Crippen LogP contribution in [0.4, 0.5) is 5.95 Å². The Morgan fingerprint density at radius 2 is 1.59 bits per heavy atom. The van der Waals surface area contributed by atoms with Crippen molar-refractivity contribution in [2.24, 2.45) is 5.92 Å². The number of fused-ring (bicyclic) bond motifs is 3. The van der Waals surface area contributed by atoms with Crippen LogP contribution in [0.5, 0.6) is 0 Å². The van der Waals surface area contributed by atoms with Gasteiger partial charge in [0.15, 0.2) is 5.65 Å². The van der Waals surface area contributed by atoms with E-state index in [1.54, 1.807) is 4.57 Å². The number of thioether (sulfide) groups is 1. The SMILES string of the molecule is CSc1nn(-c2ccccc2)c2nc(C)c3c(=O)n(-c4ccccc4)c(NCC(C)C)nc3c12. The summed E-state index contributed by atoms with van der Waals surface area (Å²) in [5, 5.41) is 10.3. The van der Waals surface area contributed by atoms with Gasteiger partial charge in [-0.05, 0) is 43.4 Å². The molecule has 3 heterocycles. The van der Waals surface area contributed by atoms with Crippen LogP contribution in [0.2, 0.25) is 0 Å². The van der Waals surface area contributed by atoms with Crippen molar-refractivity contribution in [3.8, 4) is 11.4 Å². The molecule has 0 aliphatic rings. The lowest BCUT2D eigenvalue weighted by Gasteiger charge is -2.17. The predicted octanol–water partition coefficient (Wildman–Crippen LogP) is 5.22. The molecule has 0 unspecified atom stereocenters. The molecule has 2 aromatic carbocycles. The maximum Gasteiger partial charge on any atom is 0.269 e. The van der Waals surface area contributed by atoms with E-state index in [9.17, 15) is 4.79 Å². The summed E-state index contributed by atoms with van der Waals surface area (Å²) in [6.07, 6.45) is 1.98. The molecule has 0 aliphatic heterocycles. The lowest BCUT2D eigenvalue weighted by molar-refractivity contribution is 0.681. The maximum atomic E-state index is 13.9. The summed E-state index contributed by atoms with van der Waals surface area (Å²) in [6, 6.07) is 19.5. The Morgan fingerprint density at radius 1 is 0.941 bits per heavy atom. The third kappa shape index (κ3) is 3.74. The molecule has 0 atom stereocenters. The molecule has 1 N–H and O–H groups in total. The van der Waals surface area contributed by atoms with Crippen LogP contribution in [0.25, 0.3) is 33.3 Å². The highest BCUT2D eigenvalue weighted by Gasteiger charge is 2.23. The van der Waals surface area contributed by atoms with Crippen LogP contribution in [-0.2, 0) is 0 Å². The number of nitrogens with zero attached hydrogens (tertiary/aromatic N) is 5. The molecule has 0 bridgehead atoms. The molecule has 34 heavy (non-hydrogen) atoms. The van der Waals surface area contributed by atoms with E-state index in [1.807, 2.05) is 78.5 Å². The lowest BCUT2D eigenvalue weighted by Crippen LogP contribution is -2.26. The third-order valence-corrected chi connectivity index (χ3v) is 6.33. The van der Waals surface area contributed by atoms with Crippen LogP contribution < -0.4 is 10.9 Å². The topological polar surface area (TPSA) is 77.6 Å². The number of pyridine rings is 1. The minimum absolute atomic E-state index is 0.145. The van der Waals surface area contributed by atoms with Gasteiger partial charge in [-0.15, -0.1) is 11.8 Å². The first-order valence-corrected chi connectivity index (χ1v) is 12.5. The number of aryl methyl sites for hydroxylation is 1. The summed E-state index contributed by atoms with van der Waals surface area (Å²) in [4.78, 5) is 23.8. The van der Waals surface area contributed by atoms with Crippen LogP contribution in [-0.4, -0.2) is 37.1 Å². The third-order valence-electron chi connectivity index (χ3n) is 5.66. The van der Waals surface area contributed by atoms with E-state index in [4.69, 9.17) is 15.1 Å². The molecule has 0 saturated heterocycles. The normalized spacial score (nSPS) is 11.6. The van der Waals surface area contributed by atoms with E-state index in [1.165, 1.54) is 11.8 Å². The zero-order valence-corrected chi connectivity index (χ0v) is 20.4. The van der Waals surface area contributed by atoms with Crippen LogP contribution in [0, 0.1) is 12.8 Å². The molecule has 5 aromatic rings. The smallest absolute Gasteiger partial charge is 0.269 e. The fraction of sp³-hybridized carbons (Fsp3) is 0.231. The standard InChI is InChI=1S/C26H26N6OS/c1-16(2)15-27-26-29-22-20(25(33)31(26)18-11-7-5-8-12-18)17(3)28-23-21(22)24(34-4)30-32(23)19-13-9-6-10-14-19/h5-14,16H,15H2,1-4H3,(H,27,29). The second-order valence-electron chi connectivity index (χ2n) is 8.56. The summed E-state index contributed by atoms with van der Waals surface area (Å²) >= 11 is 1.52. The summed E-state index contributed by atoms with van der Waals surface area (Å²) < 4.78 is 3.48. The Bertz CT molecular complexity index is 1540. The number of benzene rings is 2. The highest BCUT2D eigenvalue weighted by atomic mass is 32.2. The van der Waals surface area contributed by atoms with Crippen molar-refractivity contribution < 1.29 is 0 Å². The fourth-order valence-electron chi connectivity index (χ4n) is 4.07. The highest BCUT2D eigenvalue weighted by Crippen LogP contribution is 2.33. The van der Waals surface area contributed by atoms with Gasteiger partial charge in [0.25, 0.3) is 5.56 Å². The predicted molar refractivity (Wildman–Crippen MR) is 140 cm³/mol. The summed E-state index contributed by atoms with van der Waals surface area (Å²) in [6.45, 7) is 6.81. The van der Waals surface area contributed by atoms with Crippen molar-refractivity contribution in [1.82, 2.24) is 24.3 Å². The van der Waals surface area contributed by atoms with Crippen LogP contribution in [0.15, 0.2) is 70.5 Å². The first-order valence-electron chi connectivity index (χ1n) is 11.2. The molecule has 8 heteroatoms. The van der Waals surface area contributed by atoms with E-state index < -0.39 is 0 Å². The number of para-hydroxylation sites is 2. The average molecular weight is 471 g/mol. The van der Waals surface area contributed by atoms with Crippen LogP contribution >= 0.6 is 11.8 Å². The molecule has 0 radical (unpaired) electrons. The van der Waals surface area contributed by atoms with E-state index >= 15 is 0 Å². The van der Waals surface area contributed by atoms with Gasteiger partial charge in [0, 0.05) is 6.54 Å². The minimum Gasteiger partial charge on any atom is -0.355 e. The summed E-state index contributed by atoms with van der Waals surface area (Å²) in [7, 11) is 0. The fourth-order valence-corrected chi connectivity index (χ4v) is 4.62. The molecule has 0 aliphatic carbocycles. The second-order valence-corrected chi connectivity index (χ2v) is 9.36. The molecule has 7 nitrogen and oxygen atoms in total. The Hall–Kier alpha value is -3.65. The maximum absolute atomic E-state index is 13.9. The molecular formula is C26H26N6OS. The van der Waals surface area contributed by atoms with E-state index in [0.717, 1.165) is 21.8 Å². The molecule has 0 saturated carbocycles. The van der Waals surface area contributed by atoms with Crippen LogP contribution in [0.1, 0.15) is 19.5 Å². The summed E-state index contributed by atoms with van der Waals surface area (Å²) in [5.41, 5.74) is 3.48. The number of nitrogens with one attached hydrogen (secondary N) is 1. The quantitative estimate of drug-likeness (QED) is 0.343. The molecule has 3 aromatic heterocycles. The molecular weight excluding hydrogens is 444 g/mol. The lowest BCUT2D eigenvalue weighted by atomic mass is 10.2. The molecule has 172 valence electrons. The van der Waals surface area contributed by atoms with Crippen molar-refractivity contribution in [3.05, 3.63) is 76.7 Å². The van der Waals surface area contributed by atoms with Gasteiger partial charge < -0.3 is 5.32 Å². The Morgan fingerprint density at radius 3 is 2.21 bits per heavy atom. The van der Waals surface area contributed by atoms with E-state index in [2.05, 4.69) is 19.2 Å². The molecule has 0 amide bonds. The number of anilines is 1. The van der Waals surface area contributed by atoms with Crippen molar-refractivity contribution in [2.75, 3.05) is 18.1 Å². The van der Waals surface area contributed by atoms with Gasteiger partial charge in [0.05, 0.1) is 33.4 Å². The van der Waals surface area contributed by atoms with Crippen molar-refractivity contribution >= 4 is 39.6 Å². The zero-order valence-electron chi connectivity index (χ0n) is 19.6. The highest BCUT2D eigenvalue weighted by molar-refractivity contribution is 7.98. The Balaban J connectivity index is 1.89. The monoisotopic (exact) mass is 470 g/mol. The minimum atomic E-state index is -0.145.